The highest BCUT2D eigenvalue weighted by atomic mass is 32.2. The minimum atomic E-state index is -0.383. The van der Waals surface area contributed by atoms with Gasteiger partial charge in [-0.3, -0.25) is 10.1 Å². The van der Waals surface area contributed by atoms with E-state index in [2.05, 4.69) is 10.6 Å². The van der Waals surface area contributed by atoms with E-state index in [1.54, 1.807) is 30.0 Å². The molecule has 0 radical (unpaired) electrons. The van der Waals surface area contributed by atoms with Crippen molar-refractivity contribution in [2.24, 2.45) is 0 Å². The Morgan fingerprint density at radius 1 is 1.60 bits per heavy atom. The molecule has 1 aromatic rings. The number of para-hydroxylation sites is 1. The molecular weight excluding hydrogens is 279 g/mol. The number of rotatable bonds is 6. The van der Waals surface area contributed by atoms with Crippen molar-refractivity contribution in [1.29, 1.82) is 0 Å². The minimum absolute atomic E-state index is 0.0226. The van der Waals surface area contributed by atoms with Gasteiger partial charge in [-0.25, -0.2) is 4.39 Å². The molecule has 1 amide bonds. The first-order chi connectivity index (χ1) is 9.70. The van der Waals surface area contributed by atoms with Crippen LogP contribution in [0.3, 0.4) is 0 Å². The molecule has 0 saturated carbocycles. The van der Waals surface area contributed by atoms with Gasteiger partial charge < -0.3 is 10.1 Å². The predicted molar refractivity (Wildman–Crippen MR) is 78.4 cm³/mol. The fraction of sp³-hybridized carbons (Fsp3) is 0.500. The molecular formula is C14H19FN2O2S. The molecule has 1 aromatic carbocycles. The van der Waals surface area contributed by atoms with Crippen LogP contribution in [0.5, 0.6) is 5.75 Å². The molecule has 0 spiro atoms. The number of ether oxygens (including phenoxy) is 1. The summed E-state index contributed by atoms with van der Waals surface area (Å²) in [6.07, 6.45) is 0.464. The summed E-state index contributed by atoms with van der Waals surface area (Å²) in [5.74, 6) is 1.41. The molecule has 1 aliphatic rings. The number of thioether (sulfide) groups is 1. The average Bonchev–Trinajstić information content (AvgIpc) is 2.99. The van der Waals surface area contributed by atoms with Crippen molar-refractivity contribution in [3.63, 3.8) is 0 Å². The van der Waals surface area contributed by atoms with Crippen molar-refractivity contribution in [3.05, 3.63) is 30.1 Å². The lowest BCUT2D eigenvalue weighted by Gasteiger charge is -2.19. The van der Waals surface area contributed by atoms with Crippen LogP contribution in [0.15, 0.2) is 24.3 Å². The van der Waals surface area contributed by atoms with Crippen LogP contribution < -0.4 is 15.4 Å². The lowest BCUT2D eigenvalue weighted by molar-refractivity contribution is -0.122. The molecule has 2 unspecified atom stereocenters. The van der Waals surface area contributed by atoms with Gasteiger partial charge in [-0.05, 0) is 18.6 Å². The number of benzene rings is 1. The van der Waals surface area contributed by atoms with Crippen LogP contribution in [0.4, 0.5) is 4.39 Å². The smallest absolute Gasteiger partial charge is 0.238 e. The van der Waals surface area contributed by atoms with Crippen LogP contribution in [0, 0.1) is 5.82 Å². The van der Waals surface area contributed by atoms with Gasteiger partial charge in [0.05, 0.1) is 12.6 Å². The van der Waals surface area contributed by atoms with E-state index in [0.717, 1.165) is 11.6 Å². The molecule has 0 aromatic heterocycles. The van der Waals surface area contributed by atoms with Gasteiger partial charge in [0.2, 0.25) is 5.91 Å². The van der Waals surface area contributed by atoms with Gasteiger partial charge >= 0.3 is 0 Å². The number of carbonyl (C=O) groups is 1. The van der Waals surface area contributed by atoms with Crippen molar-refractivity contribution in [1.82, 2.24) is 10.6 Å². The number of carbonyl (C=O) groups excluding carboxylic acids is 1. The largest absolute Gasteiger partial charge is 0.486 e. The Morgan fingerprint density at radius 2 is 2.40 bits per heavy atom. The van der Waals surface area contributed by atoms with Crippen molar-refractivity contribution in [2.75, 3.05) is 18.2 Å². The zero-order chi connectivity index (χ0) is 14.4. The quantitative estimate of drug-likeness (QED) is 0.840. The zero-order valence-electron chi connectivity index (χ0n) is 11.4. The summed E-state index contributed by atoms with van der Waals surface area (Å²) in [7, 11) is 0. The van der Waals surface area contributed by atoms with Crippen LogP contribution in [-0.2, 0) is 4.79 Å². The highest BCUT2D eigenvalue weighted by Crippen LogP contribution is 2.18. The van der Waals surface area contributed by atoms with E-state index in [9.17, 15) is 9.18 Å². The van der Waals surface area contributed by atoms with Gasteiger partial charge in [-0.2, -0.15) is 0 Å². The standard InChI is InChI=1S/C14H19FN2O2S/c1-2-10(19-13-6-4-3-5-11(13)15)7-16-14(18)12-8-20-9-17-12/h3-6,10,12,17H,2,7-9H2,1H3,(H,16,18). The summed E-state index contributed by atoms with van der Waals surface area (Å²) in [6.45, 7) is 2.33. The maximum absolute atomic E-state index is 13.5. The molecule has 0 aliphatic carbocycles. The maximum Gasteiger partial charge on any atom is 0.238 e. The predicted octanol–water partition coefficient (Wildman–Crippen LogP) is 1.76. The Balaban J connectivity index is 1.83. The molecule has 0 bridgehead atoms. The van der Waals surface area contributed by atoms with E-state index in [-0.39, 0.29) is 29.6 Å². The fourth-order valence-electron chi connectivity index (χ4n) is 1.89. The topological polar surface area (TPSA) is 50.4 Å². The van der Waals surface area contributed by atoms with Gasteiger partial charge in [-0.15, -0.1) is 11.8 Å². The monoisotopic (exact) mass is 298 g/mol. The second-order valence-corrected chi connectivity index (χ2v) is 5.63. The summed E-state index contributed by atoms with van der Waals surface area (Å²) in [5.41, 5.74) is 0. The van der Waals surface area contributed by atoms with Gasteiger partial charge in [0.15, 0.2) is 11.6 Å². The number of nitrogens with one attached hydrogen (secondary N) is 2. The van der Waals surface area contributed by atoms with E-state index < -0.39 is 0 Å². The Hall–Kier alpha value is -1.27. The molecule has 1 heterocycles. The summed E-state index contributed by atoms with van der Waals surface area (Å²) >= 11 is 1.70. The first-order valence-corrected chi connectivity index (χ1v) is 7.86. The van der Waals surface area contributed by atoms with Crippen LogP contribution in [0.1, 0.15) is 13.3 Å². The van der Waals surface area contributed by atoms with Crippen LogP contribution >= 0.6 is 11.8 Å². The second kappa shape index (κ2) is 7.50. The van der Waals surface area contributed by atoms with Gasteiger partial charge in [0.1, 0.15) is 6.10 Å². The van der Waals surface area contributed by atoms with Gasteiger partial charge in [0, 0.05) is 11.6 Å². The molecule has 6 heteroatoms. The third-order valence-electron chi connectivity index (χ3n) is 3.12. The first kappa shape index (κ1) is 15.1. The Morgan fingerprint density at radius 3 is 3.05 bits per heavy atom. The molecule has 1 saturated heterocycles. The third-order valence-corrected chi connectivity index (χ3v) is 4.06. The molecule has 1 aliphatic heterocycles. The summed E-state index contributed by atoms with van der Waals surface area (Å²) in [6, 6.07) is 6.17. The summed E-state index contributed by atoms with van der Waals surface area (Å²) in [4.78, 5) is 11.9. The number of amides is 1. The van der Waals surface area contributed by atoms with E-state index in [4.69, 9.17) is 4.74 Å². The number of hydrogen-bond acceptors (Lipinski definition) is 4. The maximum atomic E-state index is 13.5. The van der Waals surface area contributed by atoms with Crippen molar-refractivity contribution >= 4 is 17.7 Å². The highest BCUT2D eigenvalue weighted by Gasteiger charge is 2.23. The van der Waals surface area contributed by atoms with Crippen LogP contribution in [0.25, 0.3) is 0 Å². The molecule has 1 fully saturated rings. The summed E-state index contributed by atoms with van der Waals surface area (Å²) < 4.78 is 19.1. The average molecular weight is 298 g/mol. The number of hydrogen-bond donors (Lipinski definition) is 2. The molecule has 2 N–H and O–H groups in total. The van der Waals surface area contributed by atoms with Crippen molar-refractivity contribution in [2.45, 2.75) is 25.5 Å². The normalized spacial score (nSPS) is 19.6. The van der Waals surface area contributed by atoms with Crippen molar-refractivity contribution < 1.29 is 13.9 Å². The van der Waals surface area contributed by atoms with Gasteiger partial charge in [0.25, 0.3) is 0 Å². The fourth-order valence-corrected chi connectivity index (χ4v) is 2.83. The Kier molecular flexibility index (Phi) is 5.67. The lowest BCUT2D eigenvalue weighted by Crippen LogP contribution is -2.45. The molecule has 2 rings (SSSR count). The Bertz CT molecular complexity index is 453. The minimum Gasteiger partial charge on any atom is -0.486 e. The number of halogens is 1. The van der Waals surface area contributed by atoms with E-state index >= 15 is 0 Å². The third kappa shape index (κ3) is 4.11. The van der Waals surface area contributed by atoms with Crippen molar-refractivity contribution in [3.8, 4) is 5.75 Å². The van der Waals surface area contributed by atoms with Crippen LogP contribution in [0.2, 0.25) is 0 Å². The SMILES string of the molecule is CCC(CNC(=O)C1CSCN1)Oc1ccccc1F. The van der Waals surface area contributed by atoms with E-state index in [0.29, 0.717) is 13.0 Å². The zero-order valence-corrected chi connectivity index (χ0v) is 12.2. The van der Waals surface area contributed by atoms with Crippen LogP contribution in [-0.4, -0.2) is 36.2 Å². The van der Waals surface area contributed by atoms with Gasteiger partial charge in [-0.1, -0.05) is 19.1 Å². The second-order valence-electron chi connectivity index (χ2n) is 4.60. The Labute approximate surface area is 122 Å². The molecule has 20 heavy (non-hydrogen) atoms. The highest BCUT2D eigenvalue weighted by molar-refractivity contribution is 7.99. The lowest BCUT2D eigenvalue weighted by atomic mass is 10.2. The summed E-state index contributed by atoms with van der Waals surface area (Å²) in [5, 5.41) is 5.96. The molecule has 4 nitrogen and oxygen atoms in total. The van der Waals surface area contributed by atoms with E-state index in [1.807, 2.05) is 6.92 Å². The molecule has 110 valence electrons. The molecule has 2 atom stereocenters. The first-order valence-electron chi connectivity index (χ1n) is 6.70. The van der Waals surface area contributed by atoms with E-state index in [1.165, 1.54) is 6.07 Å².